The number of esters is 1. The Kier molecular flexibility index (Phi) is 5.54. The molecule has 0 unspecified atom stereocenters. The van der Waals surface area contributed by atoms with E-state index in [1.807, 2.05) is 19.1 Å². The number of carbonyl (C=O) groups excluding carboxylic acids is 4. The molecular formula is C28H28N2O6. The summed E-state index contributed by atoms with van der Waals surface area (Å²) >= 11 is 0. The zero-order chi connectivity index (χ0) is 25.0. The number of hydrogen-bond donors (Lipinski definition) is 0. The molecule has 8 heteroatoms. The lowest BCUT2D eigenvalue weighted by molar-refractivity contribution is -0.139. The molecule has 2 aliphatic carbocycles. The van der Waals surface area contributed by atoms with E-state index in [0.717, 1.165) is 19.3 Å². The van der Waals surface area contributed by atoms with E-state index in [1.165, 1.54) is 4.90 Å². The van der Waals surface area contributed by atoms with Gasteiger partial charge in [0.1, 0.15) is 11.5 Å². The lowest BCUT2D eigenvalue weighted by Gasteiger charge is -2.20. The van der Waals surface area contributed by atoms with E-state index in [4.69, 9.17) is 9.47 Å². The third-order valence-corrected chi connectivity index (χ3v) is 8.16. The molecule has 8 nitrogen and oxygen atoms in total. The van der Waals surface area contributed by atoms with Gasteiger partial charge in [-0.05, 0) is 74.4 Å². The molecule has 6 rings (SSSR count). The van der Waals surface area contributed by atoms with Crippen LogP contribution in [0.2, 0.25) is 0 Å². The summed E-state index contributed by atoms with van der Waals surface area (Å²) in [5.41, 5.74) is 1.15. The number of hydrogen-bond acceptors (Lipinski definition) is 6. The Hall–Kier alpha value is -3.68. The average molecular weight is 489 g/mol. The van der Waals surface area contributed by atoms with Gasteiger partial charge in [-0.25, -0.2) is 0 Å². The Morgan fingerprint density at radius 3 is 2.28 bits per heavy atom. The van der Waals surface area contributed by atoms with Crippen molar-refractivity contribution in [1.82, 2.24) is 0 Å². The van der Waals surface area contributed by atoms with Crippen LogP contribution in [0.3, 0.4) is 0 Å². The molecule has 0 N–H and O–H groups in total. The third kappa shape index (κ3) is 3.58. The number of carbonyl (C=O) groups is 4. The Morgan fingerprint density at radius 2 is 1.61 bits per heavy atom. The van der Waals surface area contributed by atoms with Crippen LogP contribution in [0.5, 0.6) is 11.5 Å². The number of rotatable bonds is 6. The predicted octanol–water partition coefficient (Wildman–Crippen LogP) is 3.58. The molecule has 4 aliphatic rings. The van der Waals surface area contributed by atoms with Crippen LogP contribution < -0.4 is 19.3 Å². The Labute approximate surface area is 209 Å². The fourth-order valence-corrected chi connectivity index (χ4v) is 6.58. The van der Waals surface area contributed by atoms with Crippen LogP contribution in [-0.4, -0.2) is 36.8 Å². The van der Waals surface area contributed by atoms with Gasteiger partial charge < -0.3 is 14.4 Å². The molecule has 2 aromatic rings. The largest absolute Gasteiger partial charge is 0.492 e. The number of para-hydroxylation sites is 2. The van der Waals surface area contributed by atoms with Gasteiger partial charge in [-0.3, -0.25) is 24.1 Å². The van der Waals surface area contributed by atoms with Crippen molar-refractivity contribution >= 4 is 35.1 Å². The summed E-state index contributed by atoms with van der Waals surface area (Å²) in [6.07, 6.45) is 3.12. The molecule has 2 saturated heterocycles. The number of fused-ring (bicyclic) bond motifs is 5. The fraction of sp³-hybridized carbons (Fsp3) is 0.429. The van der Waals surface area contributed by atoms with Crippen molar-refractivity contribution in [3.05, 3.63) is 48.5 Å². The highest BCUT2D eigenvalue weighted by molar-refractivity contribution is 6.22. The molecule has 0 aromatic heterocycles. The SMILES string of the molecule is CCOc1ccccc1N1C[C@@H](C(=O)Oc2ccc(N3C(=O)[C@@H]4[C@H]5CC[C@@H](C5)[C@@H]4C3=O)cc2)CC1=O. The quantitative estimate of drug-likeness (QED) is 0.351. The van der Waals surface area contributed by atoms with Crippen LogP contribution >= 0.6 is 0 Å². The van der Waals surface area contributed by atoms with Crippen molar-refractivity contribution in [1.29, 1.82) is 0 Å². The van der Waals surface area contributed by atoms with Gasteiger partial charge in [-0.1, -0.05) is 12.1 Å². The normalized spacial score (nSPS) is 28.7. The predicted molar refractivity (Wildman–Crippen MR) is 130 cm³/mol. The molecule has 5 atom stereocenters. The molecule has 186 valence electrons. The van der Waals surface area contributed by atoms with Gasteiger partial charge >= 0.3 is 5.97 Å². The van der Waals surface area contributed by atoms with E-state index >= 15 is 0 Å². The number of anilines is 2. The van der Waals surface area contributed by atoms with Gasteiger partial charge in [0.25, 0.3) is 0 Å². The maximum absolute atomic E-state index is 13.0. The number of nitrogens with zero attached hydrogens (tertiary/aromatic N) is 2. The van der Waals surface area contributed by atoms with Crippen molar-refractivity contribution in [3.8, 4) is 11.5 Å². The zero-order valence-corrected chi connectivity index (χ0v) is 20.1. The zero-order valence-electron chi connectivity index (χ0n) is 20.1. The molecule has 4 fully saturated rings. The van der Waals surface area contributed by atoms with E-state index < -0.39 is 11.9 Å². The molecule has 2 heterocycles. The Bertz CT molecular complexity index is 1210. The van der Waals surface area contributed by atoms with E-state index in [2.05, 4.69) is 0 Å². The van der Waals surface area contributed by atoms with E-state index in [0.29, 0.717) is 41.3 Å². The first-order chi connectivity index (χ1) is 17.5. The summed E-state index contributed by atoms with van der Waals surface area (Å²) < 4.78 is 11.2. The van der Waals surface area contributed by atoms with Gasteiger partial charge in [-0.2, -0.15) is 0 Å². The lowest BCUT2D eigenvalue weighted by atomic mass is 9.81. The van der Waals surface area contributed by atoms with Crippen LogP contribution in [0.1, 0.15) is 32.6 Å². The molecule has 0 spiro atoms. The fourth-order valence-electron chi connectivity index (χ4n) is 6.58. The molecule has 36 heavy (non-hydrogen) atoms. The summed E-state index contributed by atoms with van der Waals surface area (Å²) in [7, 11) is 0. The van der Waals surface area contributed by atoms with Crippen LogP contribution in [0.25, 0.3) is 0 Å². The number of ether oxygens (including phenoxy) is 2. The van der Waals surface area contributed by atoms with Crippen LogP contribution in [0.15, 0.2) is 48.5 Å². The van der Waals surface area contributed by atoms with E-state index in [-0.39, 0.29) is 42.5 Å². The lowest BCUT2D eigenvalue weighted by Crippen LogP contribution is -2.32. The van der Waals surface area contributed by atoms with Gasteiger partial charge in [0.15, 0.2) is 0 Å². The minimum Gasteiger partial charge on any atom is -0.492 e. The second kappa shape index (κ2) is 8.76. The molecule has 2 aromatic carbocycles. The monoisotopic (exact) mass is 488 g/mol. The van der Waals surface area contributed by atoms with Gasteiger partial charge in [-0.15, -0.1) is 0 Å². The van der Waals surface area contributed by atoms with Gasteiger partial charge in [0, 0.05) is 13.0 Å². The molecular weight excluding hydrogens is 460 g/mol. The first kappa shape index (κ1) is 22.8. The summed E-state index contributed by atoms with van der Waals surface area (Å²) in [6, 6.07) is 13.7. The van der Waals surface area contributed by atoms with Crippen molar-refractivity contribution in [3.63, 3.8) is 0 Å². The van der Waals surface area contributed by atoms with Crippen LogP contribution in [0, 0.1) is 29.6 Å². The topological polar surface area (TPSA) is 93.2 Å². The Balaban J connectivity index is 1.12. The van der Waals surface area contributed by atoms with Crippen LogP contribution in [0.4, 0.5) is 11.4 Å². The summed E-state index contributed by atoms with van der Waals surface area (Å²) in [4.78, 5) is 54.5. The smallest absolute Gasteiger partial charge is 0.316 e. The van der Waals surface area contributed by atoms with Crippen LogP contribution in [-0.2, 0) is 19.2 Å². The number of benzene rings is 2. The maximum Gasteiger partial charge on any atom is 0.316 e. The van der Waals surface area contributed by atoms with Crippen molar-refractivity contribution in [2.75, 3.05) is 23.0 Å². The minimum atomic E-state index is -0.608. The minimum absolute atomic E-state index is 0.0548. The highest BCUT2D eigenvalue weighted by Crippen LogP contribution is 2.56. The van der Waals surface area contributed by atoms with Crippen molar-refractivity contribution in [2.24, 2.45) is 29.6 Å². The standard InChI is InChI=1S/C28H28N2O6/c1-2-35-22-6-4-3-5-21(22)29-15-18(14-23(29)31)28(34)36-20-11-9-19(10-12-20)30-26(32)24-16-7-8-17(13-16)25(24)27(30)33/h3-6,9-12,16-18,24-25H,2,7-8,13-15H2,1H3/t16-,17-,18-,24-,25+/m0/s1. The molecule has 2 aliphatic heterocycles. The summed E-state index contributed by atoms with van der Waals surface area (Å²) in [5.74, 6) is -0.247. The van der Waals surface area contributed by atoms with E-state index in [9.17, 15) is 19.2 Å². The number of imide groups is 1. The molecule has 0 radical (unpaired) electrons. The Morgan fingerprint density at radius 1 is 0.944 bits per heavy atom. The highest BCUT2D eigenvalue weighted by atomic mass is 16.5. The average Bonchev–Trinajstić information content (AvgIpc) is 3.64. The van der Waals surface area contributed by atoms with Gasteiger partial charge in [0.05, 0.1) is 35.7 Å². The first-order valence-electron chi connectivity index (χ1n) is 12.7. The van der Waals surface area contributed by atoms with Gasteiger partial charge in [0.2, 0.25) is 17.7 Å². The number of amides is 3. The highest BCUT2D eigenvalue weighted by Gasteiger charge is 2.61. The van der Waals surface area contributed by atoms with Crippen molar-refractivity contribution in [2.45, 2.75) is 32.6 Å². The summed E-state index contributed by atoms with van der Waals surface area (Å²) in [5, 5.41) is 0. The molecule has 2 bridgehead atoms. The molecule has 2 saturated carbocycles. The second-order valence-corrected chi connectivity index (χ2v) is 10.1. The summed E-state index contributed by atoms with van der Waals surface area (Å²) in [6.45, 7) is 2.55. The first-order valence-corrected chi connectivity index (χ1v) is 12.7. The second-order valence-electron chi connectivity index (χ2n) is 10.1. The van der Waals surface area contributed by atoms with Crippen molar-refractivity contribution < 1.29 is 28.7 Å². The molecule has 3 amide bonds. The third-order valence-electron chi connectivity index (χ3n) is 8.16. The van der Waals surface area contributed by atoms with E-state index in [1.54, 1.807) is 41.3 Å². The maximum atomic E-state index is 13.0.